The predicted molar refractivity (Wildman–Crippen MR) is 122 cm³/mol. The molecule has 1 aliphatic carbocycles. The van der Waals surface area contributed by atoms with Crippen LogP contribution in [-0.4, -0.2) is 50.3 Å². The first-order valence-corrected chi connectivity index (χ1v) is 10.9. The van der Waals surface area contributed by atoms with Gasteiger partial charge in [-0.1, -0.05) is 45.9 Å². The van der Waals surface area contributed by atoms with Crippen LogP contribution in [0.5, 0.6) is 0 Å². The summed E-state index contributed by atoms with van der Waals surface area (Å²) in [7, 11) is 0. The van der Waals surface area contributed by atoms with E-state index in [2.05, 4.69) is 40.1 Å². The number of nitriles is 1. The van der Waals surface area contributed by atoms with Crippen LogP contribution in [0.4, 0.5) is 0 Å². The molecular weight excluding hydrogens is 412 g/mol. The Morgan fingerprint density at radius 1 is 1.29 bits per heavy atom. The second-order valence-corrected chi connectivity index (χ2v) is 7.42. The van der Waals surface area contributed by atoms with E-state index in [0.29, 0.717) is 42.8 Å². The van der Waals surface area contributed by atoms with Crippen LogP contribution in [0.2, 0.25) is 0 Å². The zero-order chi connectivity index (χ0) is 22.8. The lowest BCUT2D eigenvalue weighted by molar-refractivity contribution is -0.131. The van der Waals surface area contributed by atoms with Gasteiger partial charge in [-0.3, -0.25) is 13.6 Å². The van der Waals surface area contributed by atoms with Crippen molar-refractivity contribution in [3.8, 4) is 18.4 Å². The van der Waals surface area contributed by atoms with Crippen LogP contribution in [0.3, 0.4) is 0 Å². The number of piperidine rings is 1. The number of hydrogen-bond donors (Lipinski definition) is 2. The Bertz CT molecular complexity index is 991. The maximum Gasteiger partial charge on any atom is 0.255 e. The molecule has 3 heterocycles. The zero-order valence-corrected chi connectivity index (χ0v) is 18.9. The molecule has 0 bridgehead atoms. The van der Waals surface area contributed by atoms with Crippen molar-refractivity contribution in [2.45, 2.75) is 46.0 Å². The number of hydrogen-bond acceptors (Lipinski definition) is 6. The highest BCUT2D eigenvalue weighted by molar-refractivity contribution is 7.78. The number of carbonyl (C=O) groups excluding carboxylic acids is 2. The number of aromatic nitrogens is 3. The first-order valence-electron chi connectivity index (χ1n) is 10.5. The van der Waals surface area contributed by atoms with E-state index in [0.717, 1.165) is 0 Å². The number of amides is 2. The van der Waals surface area contributed by atoms with Gasteiger partial charge in [-0.15, -0.1) is 6.42 Å². The van der Waals surface area contributed by atoms with E-state index in [9.17, 15) is 9.59 Å². The molecule has 2 aromatic rings. The average Bonchev–Trinajstić information content (AvgIpc) is 3.68. The largest absolute Gasteiger partial charge is 0.343 e. The molecule has 1 saturated carbocycles. The molecule has 1 saturated heterocycles. The summed E-state index contributed by atoms with van der Waals surface area (Å²) < 4.78 is 1.38. The van der Waals surface area contributed by atoms with Gasteiger partial charge in [-0.2, -0.15) is 5.26 Å². The number of carbonyl (C=O) groups is 2. The van der Waals surface area contributed by atoms with Crippen molar-refractivity contribution in [1.29, 1.82) is 5.26 Å². The van der Waals surface area contributed by atoms with Gasteiger partial charge in [0.2, 0.25) is 5.91 Å². The minimum atomic E-state index is -0.452. The van der Waals surface area contributed by atoms with E-state index in [4.69, 9.17) is 11.7 Å². The SMILES string of the molecule is C#Cc1cnc2c(n1)c(C(=O)NCC(=O)N1CCC(C#N)CC1)cn2S.C1CC1.CC. The summed E-state index contributed by atoms with van der Waals surface area (Å²) in [5, 5.41) is 11.5. The fourth-order valence-electron chi connectivity index (χ4n) is 2.83. The highest BCUT2D eigenvalue weighted by Crippen LogP contribution is 2.19. The van der Waals surface area contributed by atoms with Crippen LogP contribution in [0, 0.1) is 29.6 Å². The Hall–Kier alpha value is -3.04. The predicted octanol–water partition coefficient (Wildman–Crippen LogP) is 2.79. The Morgan fingerprint density at radius 3 is 2.48 bits per heavy atom. The summed E-state index contributed by atoms with van der Waals surface area (Å²) in [5.74, 6) is 1.74. The minimum absolute atomic E-state index is 0.000849. The van der Waals surface area contributed by atoms with Crippen LogP contribution >= 0.6 is 12.8 Å². The van der Waals surface area contributed by atoms with E-state index >= 15 is 0 Å². The van der Waals surface area contributed by atoms with Crippen molar-refractivity contribution in [2.24, 2.45) is 5.92 Å². The van der Waals surface area contributed by atoms with Crippen LogP contribution < -0.4 is 5.32 Å². The summed E-state index contributed by atoms with van der Waals surface area (Å²) in [6.07, 6.45) is 14.0. The van der Waals surface area contributed by atoms with Gasteiger partial charge in [0.1, 0.15) is 11.2 Å². The number of terminal acetylenes is 1. The minimum Gasteiger partial charge on any atom is -0.343 e. The average molecular weight is 441 g/mol. The van der Waals surface area contributed by atoms with Crippen LogP contribution in [0.25, 0.3) is 11.2 Å². The summed E-state index contributed by atoms with van der Waals surface area (Å²) in [6, 6.07) is 2.22. The monoisotopic (exact) mass is 440 g/mol. The van der Waals surface area contributed by atoms with Crippen LogP contribution in [0.15, 0.2) is 12.4 Å². The number of thiol groups is 1. The molecule has 2 amide bonds. The van der Waals surface area contributed by atoms with Gasteiger partial charge >= 0.3 is 0 Å². The van der Waals surface area contributed by atoms with E-state index in [-0.39, 0.29) is 23.9 Å². The molecule has 31 heavy (non-hydrogen) atoms. The van der Waals surface area contributed by atoms with Crippen molar-refractivity contribution >= 4 is 35.8 Å². The lowest BCUT2D eigenvalue weighted by atomic mass is 9.99. The Labute approximate surface area is 188 Å². The van der Waals surface area contributed by atoms with Crippen LogP contribution in [0.1, 0.15) is 62.0 Å². The van der Waals surface area contributed by atoms with E-state index < -0.39 is 5.91 Å². The number of nitrogens with zero attached hydrogens (tertiary/aromatic N) is 5. The van der Waals surface area contributed by atoms with E-state index in [1.807, 2.05) is 13.8 Å². The normalized spacial score (nSPS) is 14.8. The molecule has 1 aliphatic heterocycles. The molecule has 0 unspecified atom stereocenters. The highest BCUT2D eigenvalue weighted by Gasteiger charge is 2.23. The second kappa shape index (κ2) is 12.0. The summed E-state index contributed by atoms with van der Waals surface area (Å²) in [6.45, 7) is 4.93. The molecule has 1 N–H and O–H groups in total. The molecule has 0 aromatic carbocycles. The standard InChI is InChI=1S/C17H16N6O2S.C3H6.C2H6/c1-2-12-8-19-16-15(21-12)13(10-23(16)26)17(25)20-9-14(24)22-5-3-11(7-18)4-6-22;1-2-3-1;1-2/h1,8,10-11,26H,3-6,9H2,(H,20,25);1-3H2;1-2H3. The highest BCUT2D eigenvalue weighted by atomic mass is 32.1. The maximum atomic E-state index is 12.5. The molecule has 8 nitrogen and oxygen atoms in total. The smallest absolute Gasteiger partial charge is 0.255 e. The summed E-state index contributed by atoms with van der Waals surface area (Å²) in [4.78, 5) is 34.7. The van der Waals surface area contributed by atoms with E-state index in [1.54, 1.807) is 4.90 Å². The number of nitrogens with one attached hydrogen (secondary N) is 1. The van der Waals surface area contributed by atoms with E-state index in [1.165, 1.54) is 35.6 Å². The number of likely N-dealkylation sites (tertiary alicyclic amines) is 1. The lowest BCUT2D eigenvalue weighted by Gasteiger charge is -2.29. The van der Waals surface area contributed by atoms with Gasteiger partial charge < -0.3 is 10.2 Å². The molecule has 164 valence electrons. The first kappa shape index (κ1) is 24.2. The van der Waals surface area contributed by atoms with Gasteiger partial charge in [0.15, 0.2) is 5.65 Å². The van der Waals surface area contributed by atoms with Gasteiger partial charge in [0.05, 0.1) is 24.4 Å². The van der Waals surface area contributed by atoms with Crippen molar-refractivity contribution in [1.82, 2.24) is 24.2 Å². The lowest BCUT2D eigenvalue weighted by Crippen LogP contribution is -2.44. The molecule has 4 rings (SSSR count). The van der Waals surface area contributed by atoms with Gasteiger partial charge in [0.25, 0.3) is 5.91 Å². The fraction of sp³-hybridized carbons (Fsp3) is 0.500. The van der Waals surface area contributed by atoms with Gasteiger partial charge in [0, 0.05) is 25.2 Å². The molecule has 2 aromatic heterocycles. The summed E-state index contributed by atoms with van der Waals surface area (Å²) in [5.41, 5.74) is 1.29. The first-order chi connectivity index (χ1) is 15.0. The van der Waals surface area contributed by atoms with Crippen molar-refractivity contribution in [3.05, 3.63) is 23.7 Å². The number of fused-ring (bicyclic) bond motifs is 1. The topological polar surface area (TPSA) is 104 Å². The zero-order valence-electron chi connectivity index (χ0n) is 18.0. The third-order valence-corrected chi connectivity index (χ3v) is 4.96. The third kappa shape index (κ3) is 6.73. The Morgan fingerprint density at radius 2 is 1.94 bits per heavy atom. The third-order valence-electron chi connectivity index (χ3n) is 4.65. The van der Waals surface area contributed by atoms with Crippen LogP contribution in [-0.2, 0) is 4.79 Å². The summed E-state index contributed by atoms with van der Waals surface area (Å²) >= 11 is 4.22. The molecule has 9 heteroatoms. The maximum absolute atomic E-state index is 12.5. The Kier molecular flexibility index (Phi) is 9.36. The Balaban J connectivity index is 0.000000612. The van der Waals surface area contributed by atoms with Crippen molar-refractivity contribution in [3.63, 3.8) is 0 Å². The van der Waals surface area contributed by atoms with Crippen molar-refractivity contribution < 1.29 is 9.59 Å². The van der Waals surface area contributed by atoms with Crippen molar-refractivity contribution in [2.75, 3.05) is 19.6 Å². The molecule has 2 aliphatic rings. The molecule has 0 spiro atoms. The number of rotatable bonds is 3. The van der Waals surface area contributed by atoms with Gasteiger partial charge in [-0.25, -0.2) is 9.97 Å². The second-order valence-electron chi connectivity index (χ2n) is 6.99. The van der Waals surface area contributed by atoms with Gasteiger partial charge in [-0.05, 0) is 18.8 Å². The molecule has 2 fully saturated rings. The fourth-order valence-corrected chi connectivity index (χ4v) is 3.09. The quantitative estimate of drug-likeness (QED) is 0.564. The molecule has 0 atom stereocenters. The molecule has 0 radical (unpaired) electrons. The molecular formula is C22H28N6O2S.